The van der Waals surface area contributed by atoms with Crippen molar-refractivity contribution in [2.45, 2.75) is 40.2 Å². The highest BCUT2D eigenvalue weighted by atomic mass is 16.5. The van der Waals surface area contributed by atoms with Crippen LogP contribution in [-0.2, 0) is 4.74 Å². The Labute approximate surface area is 81.5 Å². The van der Waals surface area contributed by atoms with Gasteiger partial charge in [0, 0.05) is 6.61 Å². The van der Waals surface area contributed by atoms with Crippen LogP contribution in [0, 0.1) is 5.92 Å². The largest absolute Gasteiger partial charge is 0.374 e. The van der Waals surface area contributed by atoms with Crippen LogP contribution in [0.2, 0.25) is 0 Å². The van der Waals surface area contributed by atoms with Gasteiger partial charge in [-0.05, 0) is 31.8 Å². The monoisotopic (exact) mass is 180 g/mol. The molecule has 0 bridgehead atoms. The van der Waals surface area contributed by atoms with Crippen molar-refractivity contribution >= 4 is 0 Å². The number of rotatable bonds is 3. The molecule has 1 heteroatoms. The van der Waals surface area contributed by atoms with Crippen molar-refractivity contribution in [3.8, 4) is 0 Å². The molecule has 1 aliphatic carbocycles. The quantitative estimate of drug-likeness (QED) is 0.647. The molecule has 0 fully saturated rings. The van der Waals surface area contributed by atoms with E-state index in [9.17, 15) is 0 Å². The van der Waals surface area contributed by atoms with Crippen molar-refractivity contribution in [2.24, 2.45) is 5.92 Å². The molecule has 0 aromatic rings. The highest BCUT2D eigenvalue weighted by Crippen LogP contribution is 2.26. The van der Waals surface area contributed by atoms with Gasteiger partial charge in [0.15, 0.2) is 0 Å². The zero-order valence-electron chi connectivity index (χ0n) is 9.13. The second-order valence-electron chi connectivity index (χ2n) is 3.96. The molecule has 1 nitrogen and oxygen atoms in total. The summed E-state index contributed by atoms with van der Waals surface area (Å²) >= 11 is 0. The van der Waals surface area contributed by atoms with E-state index in [0.717, 1.165) is 13.0 Å². The summed E-state index contributed by atoms with van der Waals surface area (Å²) in [5.74, 6) is 0.646. The summed E-state index contributed by atoms with van der Waals surface area (Å²) in [7, 11) is 0. The van der Waals surface area contributed by atoms with Crippen molar-refractivity contribution in [2.75, 3.05) is 6.61 Å². The Morgan fingerprint density at radius 3 is 2.69 bits per heavy atom. The van der Waals surface area contributed by atoms with Crippen LogP contribution >= 0.6 is 0 Å². The van der Waals surface area contributed by atoms with Gasteiger partial charge >= 0.3 is 0 Å². The molecule has 0 heterocycles. The molecule has 0 aromatic carbocycles. The molecule has 0 spiro atoms. The summed E-state index contributed by atoms with van der Waals surface area (Å²) < 4.78 is 5.67. The lowest BCUT2D eigenvalue weighted by atomic mass is 9.90. The minimum absolute atomic E-state index is 0.326. The molecule has 1 aliphatic rings. The predicted molar refractivity (Wildman–Crippen MR) is 56.7 cm³/mol. The van der Waals surface area contributed by atoms with Crippen LogP contribution in [0.4, 0.5) is 0 Å². The van der Waals surface area contributed by atoms with Gasteiger partial charge in [0.1, 0.15) is 0 Å². The van der Waals surface area contributed by atoms with E-state index in [2.05, 4.69) is 39.8 Å². The summed E-state index contributed by atoms with van der Waals surface area (Å²) in [5, 5.41) is 0. The lowest BCUT2D eigenvalue weighted by molar-refractivity contribution is 0.0860. The Hall–Kier alpha value is -0.560. The van der Waals surface area contributed by atoms with Gasteiger partial charge in [-0.25, -0.2) is 0 Å². The van der Waals surface area contributed by atoms with Crippen molar-refractivity contribution < 1.29 is 4.74 Å². The van der Waals surface area contributed by atoms with Crippen LogP contribution in [0.15, 0.2) is 23.3 Å². The maximum absolute atomic E-state index is 5.67. The molecular weight excluding hydrogens is 160 g/mol. The lowest BCUT2D eigenvalue weighted by Gasteiger charge is -2.24. The zero-order chi connectivity index (χ0) is 9.84. The average Bonchev–Trinajstić information content (AvgIpc) is 2.08. The van der Waals surface area contributed by atoms with E-state index >= 15 is 0 Å². The fourth-order valence-corrected chi connectivity index (χ4v) is 1.61. The normalized spacial score (nSPS) is 23.0. The standard InChI is InChI=1S/C12H20O/c1-5-13-12-8-11(9(2)3)7-6-10(12)4/h6-7,9,12H,5,8H2,1-4H3. The molecule has 0 aliphatic heterocycles. The molecule has 0 N–H and O–H groups in total. The van der Waals surface area contributed by atoms with E-state index in [-0.39, 0.29) is 0 Å². The second kappa shape index (κ2) is 4.61. The minimum Gasteiger partial charge on any atom is -0.374 e. The van der Waals surface area contributed by atoms with Crippen molar-refractivity contribution in [1.82, 2.24) is 0 Å². The van der Waals surface area contributed by atoms with E-state index < -0.39 is 0 Å². The Morgan fingerprint density at radius 2 is 2.15 bits per heavy atom. The predicted octanol–water partition coefficient (Wildman–Crippen LogP) is 3.32. The molecule has 74 valence electrons. The average molecular weight is 180 g/mol. The van der Waals surface area contributed by atoms with Crippen LogP contribution < -0.4 is 0 Å². The molecule has 0 amide bonds. The Balaban J connectivity index is 2.66. The topological polar surface area (TPSA) is 9.23 Å². The first kappa shape index (κ1) is 10.5. The summed E-state index contributed by atoms with van der Waals surface area (Å²) in [6.45, 7) is 9.49. The summed E-state index contributed by atoms with van der Waals surface area (Å²) in [6.07, 6.45) is 5.84. The molecule has 0 aromatic heterocycles. The molecule has 0 saturated heterocycles. The van der Waals surface area contributed by atoms with E-state index in [0.29, 0.717) is 12.0 Å². The minimum atomic E-state index is 0.326. The Kier molecular flexibility index (Phi) is 3.73. The Bertz CT molecular complexity index is 223. The Morgan fingerprint density at radius 1 is 1.46 bits per heavy atom. The first-order chi connectivity index (χ1) is 6.15. The highest BCUT2D eigenvalue weighted by molar-refractivity contribution is 5.27. The molecule has 1 atom stereocenters. The fourth-order valence-electron chi connectivity index (χ4n) is 1.61. The van der Waals surface area contributed by atoms with Gasteiger partial charge in [0.2, 0.25) is 0 Å². The first-order valence-electron chi connectivity index (χ1n) is 5.14. The van der Waals surface area contributed by atoms with Gasteiger partial charge in [-0.2, -0.15) is 0 Å². The lowest BCUT2D eigenvalue weighted by Crippen LogP contribution is -2.19. The van der Waals surface area contributed by atoms with Gasteiger partial charge in [0.05, 0.1) is 6.10 Å². The number of hydrogen-bond donors (Lipinski definition) is 0. The van der Waals surface area contributed by atoms with Gasteiger partial charge in [-0.3, -0.25) is 0 Å². The fraction of sp³-hybridized carbons (Fsp3) is 0.667. The third-order valence-electron chi connectivity index (χ3n) is 2.60. The second-order valence-corrected chi connectivity index (χ2v) is 3.96. The van der Waals surface area contributed by atoms with Crippen LogP contribution in [0.5, 0.6) is 0 Å². The summed E-state index contributed by atoms with van der Waals surface area (Å²) in [4.78, 5) is 0. The SMILES string of the molecule is CCOC1CC(C(C)C)=CC=C1C. The number of allylic oxidation sites excluding steroid dienone is 2. The first-order valence-corrected chi connectivity index (χ1v) is 5.14. The van der Waals surface area contributed by atoms with Gasteiger partial charge < -0.3 is 4.74 Å². The van der Waals surface area contributed by atoms with Crippen LogP contribution in [-0.4, -0.2) is 12.7 Å². The van der Waals surface area contributed by atoms with E-state index in [1.54, 1.807) is 0 Å². The maximum Gasteiger partial charge on any atom is 0.0822 e. The zero-order valence-corrected chi connectivity index (χ0v) is 9.13. The van der Waals surface area contributed by atoms with Gasteiger partial charge in [-0.1, -0.05) is 31.6 Å². The van der Waals surface area contributed by atoms with Crippen LogP contribution in [0.3, 0.4) is 0 Å². The third kappa shape index (κ3) is 2.70. The molecule has 1 unspecified atom stereocenters. The van der Waals surface area contributed by atoms with Crippen molar-refractivity contribution in [1.29, 1.82) is 0 Å². The maximum atomic E-state index is 5.67. The molecule has 13 heavy (non-hydrogen) atoms. The summed E-state index contributed by atoms with van der Waals surface area (Å²) in [5.41, 5.74) is 2.86. The third-order valence-corrected chi connectivity index (χ3v) is 2.60. The van der Waals surface area contributed by atoms with Gasteiger partial charge in [0.25, 0.3) is 0 Å². The van der Waals surface area contributed by atoms with Gasteiger partial charge in [-0.15, -0.1) is 0 Å². The molecular formula is C12H20O. The summed E-state index contributed by atoms with van der Waals surface area (Å²) in [6, 6.07) is 0. The highest BCUT2D eigenvalue weighted by Gasteiger charge is 2.17. The van der Waals surface area contributed by atoms with Crippen LogP contribution in [0.1, 0.15) is 34.1 Å². The number of hydrogen-bond acceptors (Lipinski definition) is 1. The van der Waals surface area contributed by atoms with E-state index in [1.165, 1.54) is 11.1 Å². The van der Waals surface area contributed by atoms with E-state index in [1.807, 2.05) is 0 Å². The van der Waals surface area contributed by atoms with E-state index in [4.69, 9.17) is 4.74 Å². The number of ether oxygens (including phenoxy) is 1. The van der Waals surface area contributed by atoms with Crippen LogP contribution in [0.25, 0.3) is 0 Å². The molecule has 1 rings (SSSR count). The van der Waals surface area contributed by atoms with Crippen molar-refractivity contribution in [3.05, 3.63) is 23.3 Å². The smallest absolute Gasteiger partial charge is 0.0822 e. The molecule has 0 radical (unpaired) electrons. The van der Waals surface area contributed by atoms with Crippen molar-refractivity contribution in [3.63, 3.8) is 0 Å². The molecule has 0 saturated carbocycles.